The van der Waals surface area contributed by atoms with E-state index in [4.69, 9.17) is 16.6 Å². The quantitative estimate of drug-likeness (QED) is 0.759. The second-order valence-corrected chi connectivity index (χ2v) is 6.14. The predicted molar refractivity (Wildman–Crippen MR) is 82.1 cm³/mol. The number of hydrogen-bond donors (Lipinski definition) is 0. The van der Waals surface area contributed by atoms with Gasteiger partial charge in [0.2, 0.25) is 0 Å². The highest BCUT2D eigenvalue weighted by Gasteiger charge is 2.29. The van der Waals surface area contributed by atoms with Crippen LogP contribution in [0.5, 0.6) is 0 Å². The lowest BCUT2D eigenvalue weighted by Crippen LogP contribution is -2.14. The van der Waals surface area contributed by atoms with Crippen LogP contribution < -0.4 is 0 Å². The van der Waals surface area contributed by atoms with Gasteiger partial charge < -0.3 is 4.57 Å². The van der Waals surface area contributed by atoms with E-state index >= 15 is 0 Å². The van der Waals surface area contributed by atoms with E-state index in [0.29, 0.717) is 11.9 Å². The molecule has 0 aromatic carbocycles. The summed E-state index contributed by atoms with van der Waals surface area (Å²) in [5.74, 6) is 2.37. The van der Waals surface area contributed by atoms with Gasteiger partial charge in [0, 0.05) is 13.1 Å². The van der Waals surface area contributed by atoms with Crippen molar-refractivity contribution in [2.24, 2.45) is 13.0 Å². The van der Waals surface area contributed by atoms with Crippen molar-refractivity contribution in [3.8, 4) is 0 Å². The van der Waals surface area contributed by atoms with Gasteiger partial charge in [0.1, 0.15) is 11.3 Å². The molecule has 4 nitrogen and oxygen atoms in total. The smallest absolute Gasteiger partial charge is 0.158 e. The maximum absolute atomic E-state index is 6.15. The molecule has 5 heteroatoms. The summed E-state index contributed by atoms with van der Waals surface area (Å²) >= 11 is 6.15. The highest BCUT2D eigenvalue weighted by atomic mass is 35.5. The summed E-state index contributed by atoms with van der Waals surface area (Å²) in [4.78, 5) is 4.77. The van der Waals surface area contributed by atoms with E-state index in [1.807, 2.05) is 11.7 Å². The zero-order valence-electron chi connectivity index (χ0n) is 12.6. The number of hydrogen-bond acceptors (Lipinski definition) is 2. The Hall–Kier alpha value is -1.03. The summed E-state index contributed by atoms with van der Waals surface area (Å²) in [5.41, 5.74) is 3.26. The first-order valence-corrected chi connectivity index (χ1v) is 8.21. The van der Waals surface area contributed by atoms with Gasteiger partial charge in [-0.05, 0) is 25.2 Å². The topological polar surface area (TPSA) is 35.6 Å². The van der Waals surface area contributed by atoms with E-state index in [1.165, 1.54) is 19.3 Å². The maximum atomic E-state index is 6.15. The van der Waals surface area contributed by atoms with Gasteiger partial charge in [-0.3, -0.25) is 4.68 Å². The Labute approximate surface area is 125 Å². The number of aryl methyl sites for hydroxylation is 2. The predicted octanol–water partition coefficient (Wildman–Crippen LogP) is 3.82. The number of aromatic nitrogens is 4. The van der Waals surface area contributed by atoms with Crippen molar-refractivity contribution < 1.29 is 0 Å². The molecule has 1 fully saturated rings. The molecular formula is C15H23ClN4. The van der Waals surface area contributed by atoms with Crippen molar-refractivity contribution in [1.29, 1.82) is 0 Å². The largest absolute Gasteiger partial charge is 0.309 e. The first-order valence-electron chi connectivity index (χ1n) is 7.68. The van der Waals surface area contributed by atoms with E-state index in [2.05, 4.69) is 23.5 Å². The third-order valence-corrected chi connectivity index (χ3v) is 4.64. The second-order valence-electron chi connectivity index (χ2n) is 5.87. The SMILES string of the molecule is CCc1nn(C)c2c1nc(CCl)n2C(CC)CC1CC1. The lowest BCUT2D eigenvalue weighted by molar-refractivity contribution is 0.423. The fourth-order valence-corrected chi connectivity index (χ4v) is 3.35. The van der Waals surface area contributed by atoms with Gasteiger partial charge in [-0.1, -0.05) is 26.7 Å². The second kappa shape index (κ2) is 5.40. The van der Waals surface area contributed by atoms with Gasteiger partial charge in [0.05, 0.1) is 11.6 Å². The summed E-state index contributed by atoms with van der Waals surface area (Å²) in [6.07, 6.45) is 6.05. The normalized spacial score (nSPS) is 17.0. The molecular weight excluding hydrogens is 272 g/mol. The highest BCUT2D eigenvalue weighted by Crippen LogP contribution is 2.39. The third-order valence-electron chi connectivity index (χ3n) is 4.40. The first-order chi connectivity index (χ1) is 9.69. The number of halogens is 1. The molecule has 0 amide bonds. The average Bonchev–Trinajstić information content (AvgIpc) is 3.11. The zero-order valence-corrected chi connectivity index (χ0v) is 13.3. The molecule has 1 aliphatic rings. The number of rotatable bonds is 6. The summed E-state index contributed by atoms with van der Waals surface area (Å²) in [6.45, 7) is 4.39. The molecule has 1 unspecified atom stereocenters. The van der Waals surface area contributed by atoms with Crippen LogP contribution in [0.1, 0.15) is 57.1 Å². The van der Waals surface area contributed by atoms with Crippen LogP contribution in [0.2, 0.25) is 0 Å². The van der Waals surface area contributed by atoms with Crippen molar-refractivity contribution >= 4 is 22.8 Å². The van der Waals surface area contributed by atoms with Gasteiger partial charge in [0.15, 0.2) is 5.65 Å². The summed E-state index contributed by atoms with van der Waals surface area (Å²) in [7, 11) is 2.02. The minimum atomic E-state index is 0.471. The van der Waals surface area contributed by atoms with Crippen LogP contribution in [-0.2, 0) is 19.3 Å². The molecule has 110 valence electrons. The molecule has 0 N–H and O–H groups in total. The summed E-state index contributed by atoms with van der Waals surface area (Å²) in [6, 6.07) is 0.501. The Kier molecular flexibility index (Phi) is 3.76. The molecule has 0 spiro atoms. The number of imidazole rings is 1. The van der Waals surface area contributed by atoms with Crippen molar-refractivity contribution in [1.82, 2.24) is 19.3 Å². The fourth-order valence-electron chi connectivity index (χ4n) is 3.16. The standard InChI is InChI=1S/C15H23ClN4/c1-4-11(8-10-6-7-10)20-13(9-16)17-14-12(5-2)18-19(3)15(14)20/h10-11H,4-9H2,1-3H3. The number of alkyl halides is 1. The molecule has 0 saturated heterocycles. The van der Waals surface area contributed by atoms with Gasteiger partial charge in [-0.2, -0.15) is 5.10 Å². The lowest BCUT2D eigenvalue weighted by atomic mass is 10.1. The molecule has 2 aromatic rings. The number of fused-ring (bicyclic) bond motifs is 1. The minimum Gasteiger partial charge on any atom is -0.309 e. The van der Waals surface area contributed by atoms with Crippen LogP contribution in [0.4, 0.5) is 0 Å². The maximum Gasteiger partial charge on any atom is 0.158 e. The third kappa shape index (κ3) is 2.24. The Morgan fingerprint density at radius 1 is 1.35 bits per heavy atom. The van der Waals surface area contributed by atoms with Gasteiger partial charge in [-0.25, -0.2) is 4.98 Å². The zero-order chi connectivity index (χ0) is 14.3. The van der Waals surface area contributed by atoms with Crippen molar-refractivity contribution in [3.63, 3.8) is 0 Å². The lowest BCUT2D eigenvalue weighted by Gasteiger charge is -2.19. The Balaban J connectivity index is 2.12. The van der Waals surface area contributed by atoms with Crippen LogP contribution >= 0.6 is 11.6 Å². The number of nitrogens with zero attached hydrogens (tertiary/aromatic N) is 4. The minimum absolute atomic E-state index is 0.471. The Morgan fingerprint density at radius 3 is 2.65 bits per heavy atom. The molecule has 0 radical (unpaired) electrons. The van der Waals surface area contributed by atoms with E-state index in [9.17, 15) is 0 Å². The van der Waals surface area contributed by atoms with Crippen LogP contribution in [0.25, 0.3) is 11.2 Å². The fraction of sp³-hybridized carbons (Fsp3) is 0.733. The van der Waals surface area contributed by atoms with Crippen LogP contribution in [0, 0.1) is 5.92 Å². The Morgan fingerprint density at radius 2 is 2.10 bits per heavy atom. The molecule has 2 aromatic heterocycles. The average molecular weight is 295 g/mol. The molecule has 1 saturated carbocycles. The van der Waals surface area contributed by atoms with E-state index in [-0.39, 0.29) is 0 Å². The van der Waals surface area contributed by atoms with E-state index in [0.717, 1.165) is 41.4 Å². The van der Waals surface area contributed by atoms with Crippen LogP contribution in [-0.4, -0.2) is 19.3 Å². The monoisotopic (exact) mass is 294 g/mol. The van der Waals surface area contributed by atoms with E-state index < -0.39 is 0 Å². The molecule has 0 bridgehead atoms. The summed E-state index contributed by atoms with van der Waals surface area (Å²) < 4.78 is 4.33. The molecule has 0 aliphatic heterocycles. The van der Waals surface area contributed by atoms with Crippen molar-refractivity contribution in [2.45, 2.75) is 57.9 Å². The molecule has 2 heterocycles. The molecule has 1 atom stereocenters. The molecule has 1 aliphatic carbocycles. The first kappa shape index (κ1) is 13.9. The van der Waals surface area contributed by atoms with Gasteiger partial charge >= 0.3 is 0 Å². The van der Waals surface area contributed by atoms with Crippen LogP contribution in [0.3, 0.4) is 0 Å². The van der Waals surface area contributed by atoms with Crippen molar-refractivity contribution in [2.75, 3.05) is 0 Å². The van der Waals surface area contributed by atoms with Gasteiger partial charge in [-0.15, -0.1) is 11.6 Å². The van der Waals surface area contributed by atoms with Crippen LogP contribution in [0.15, 0.2) is 0 Å². The van der Waals surface area contributed by atoms with Gasteiger partial charge in [0.25, 0.3) is 0 Å². The summed E-state index contributed by atoms with van der Waals surface area (Å²) in [5, 5.41) is 4.61. The Bertz CT molecular complexity index is 609. The molecule has 3 rings (SSSR count). The molecule has 20 heavy (non-hydrogen) atoms. The highest BCUT2D eigenvalue weighted by molar-refractivity contribution is 6.16. The van der Waals surface area contributed by atoms with Crippen molar-refractivity contribution in [3.05, 3.63) is 11.5 Å². The van der Waals surface area contributed by atoms with E-state index in [1.54, 1.807) is 0 Å².